The molecule has 102 valence electrons. The first kappa shape index (κ1) is 13.5. The number of nitrogens with one attached hydrogen (secondary N) is 1. The van der Waals surface area contributed by atoms with Crippen LogP contribution in [0.25, 0.3) is 11.0 Å². The maximum atomic E-state index is 11.4. The van der Waals surface area contributed by atoms with Crippen molar-refractivity contribution in [3.63, 3.8) is 0 Å². The molecule has 0 amide bonds. The Morgan fingerprint density at radius 3 is 3.00 bits per heavy atom. The van der Waals surface area contributed by atoms with Gasteiger partial charge in [0.2, 0.25) is 0 Å². The Hall–Kier alpha value is -1.88. The number of pyridine rings is 1. The van der Waals surface area contributed by atoms with Crippen LogP contribution in [0.1, 0.15) is 19.4 Å². The number of carbonyl (C=O) groups excluding carboxylic acids is 1. The molecule has 0 radical (unpaired) electrons. The molecule has 1 N–H and O–H groups in total. The summed E-state index contributed by atoms with van der Waals surface area (Å²) in [6.45, 7) is 5.15. The van der Waals surface area contributed by atoms with Crippen molar-refractivity contribution in [3.05, 3.63) is 30.1 Å². The third kappa shape index (κ3) is 3.12. The SMILES string of the molecule is COC(=O)Cn1cc(CNC(C)C)c2cccnc21. The van der Waals surface area contributed by atoms with Crippen LogP contribution < -0.4 is 5.32 Å². The highest BCUT2D eigenvalue weighted by Crippen LogP contribution is 2.19. The van der Waals surface area contributed by atoms with Crippen molar-refractivity contribution in [1.29, 1.82) is 0 Å². The summed E-state index contributed by atoms with van der Waals surface area (Å²) in [5.74, 6) is -0.272. The number of methoxy groups -OCH3 is 1. The summed E-state index contributed by atoms with van der Waals surface area (Å²) < 4.78 is 6.54. The fourth-order valence-electron chi connectivity index (χ4n) is 1.97. The van der Waals surface area contributed by atoms with Crippen LogP contribution in [0.5, 0.6) is 0 Å². The lowest BCUT2D eigenvalue weighted by molar-refractivity contribution is -0.141. The molecule has 0 atom stereocenters. The number of esters is 1. The van der Waals surface area contributed by atoms with E-state index in [1.807, 2.05) is 22.9 Å². The number of nitrogens with zero attached hydrogens (tertiary/aromatic N) is 2. The standard InChI is InChI=1S/C14H19N3O2/c1-10(2)16-7-11-8-17(9-13(18)19-3)14-12(11)5-4-6-15-14/h4-6,8,10,16H,7,9H2,1-3H3. The zero-order valence-corrected chi connectivity index (χ0v) is 11.5. The van der Waals surface area contributed by atoms with Crippen molar-refractivity contribution >= 4 is 17.0 Å². The van der Waals surface area contributed by atoms with Crippen molar-refractivity contribution in [1.82, 2.24) is 14.9 Å². The number of ether oxygens (including phenoxy) is 1. The second-order valence-electron chi connectivity index (χ2n) is 4.77. The van der Waals surface area contributed by atoms with Gasteiger partial charge in [0.1, 0.15) is 12.2 Å². The first-order valence-electron chi connectivity index (χ1n) is 6.34. The number of fused-ring (bicyclic) bond motifs is 1. The number of aromatic nitrogens is 2. The molecular weight excluding hydrogens is 242 g/mol. The van der Waals surface area contributed by atoms with Gasteiger partial charge in [0.05, 0.1) is 7.11 Å². The Morgan fingerprint density at radius 1 is 1.53 bits per heavy atom. The van der Waals surface area contributed by atoms with E-state index in [2.05, 4.69) is 24.1 Å². The molecule has 2 rings (SSSR count). The minimum atomic E-state index is -0.272. The summed E-state index contributed by atoms with van der Waals surface area (Å²) in [5.41, 5.74) is 1.95. The maximum absolute atomic E-state index is 11.4. The van der Waals surface area contributed by atoms with Crippen LogP contribution in [-0.4, -0.2) is 28.7 Å². The Balaban J connectivity index is 2.33. The molecule has 5 nitrogen and oxygen atoms in total. The summed E-state index contributed by atoms with van der Waals surface area (Å²) in [6, 6.07) is 4.34. The van der Waals surface area contributed by atoms with Crippen molar-refractivity contribution in [3.8, 4) is 0 Å². The average Bonchev–Trinajstić information content (AvgIpc) is 2.75. The lowest BCUT2D eigenvalue weighted by atomic mass is 10.2. The van der Waals surface area contributed by atoms with Gasteiger partial charge in [-0.15, -0.1) is 0 Å². The first-order chi connectivity index (χ1) is 9.11. The highest BCUT2D eigenvalue weighted by molar-refractivity contribution is 5.82. The molecule has 0 fully saturated rings. The van der Waals surface area contributed by atoms with Crippen molar-refractivity contribution in [2.45, 2.75) is 33.0 Å². The van der Waals surface area contributed by atoms with E-state index in [1.54, 1.807) is 6.20 Å². The predicted molar refractivity (Wildman–Crippen MR) is 73.7 cm³/mol. The fourth-order valence-corrected chi connectivity index (χ4v) is 1.97. The van der Waals surface area contributed by atoms with E-state index in [9.17, 15) is 4.79 Å². The molecule has 0 unspecified atom stereocenters. The highest BCUT2D eigenvalue weighted by Gasteiger charge is 2.12. The molecule has 0 saturated carbocycles. The summed E-state index contributed by atoms with van der Waals surface area (Å²) in [5, 5.41) is 4.45. The van der Waals surface area contributed by atoms with Gasteiger partial charge in [-0.25, -0.2) is 4.98 Å². The van der Waals surface area contributed by atoms with E-state index in [-0.39, 0.29) is 12.5 Å². The minimum Gasteiger partial charge on any atom is -0.468 e. The second-order valence-corrected chi connectivity index (χ2v) is 4.77. The van der Waals surface area contributed by atoms with Crippen LogP contribution in [-0.2, 0) is 22.6 Å². The third-order valence-electron chi connectivity index (χ3n) is 2.94. The lowest BCUT2D eigenvalue weighted by Gasteiger charge is -2.06. The minimum absolute atomic E-state index is 0.186. The molecule has 0 aliphatic carbocycles. The molecule has 2 aromatic rings. The Kier molecular flexibility index (Phi) is 4.16. The summed E-state index contributed by atoms with van der Waals surface area (Å²) in [7, 11) is 1.39. The lowest BCUT2D eigenvalue weighted by Crippen LogP contribution is -2.21. The van der Waals surface area contributed by atoms with E-state index in [0.717, 1.165) is 23.1 Å². The van der Waals surface area contributed by atoms with Gasteiger partial charge in [-0.2, -0.15) is 0 Å². The molecule has 0 spiro atoms. The van der Waals surface area contributed by atoms with Gasteiger partial charge in [0, 0.05) is 30.4 Å². The van der Waals surface area contributed by atoms with Gasteiger partial charge in [0.25, 0.3) is 0 Å². The molecule has 0 bridgehead atoms. The van der Waals surface area contributed by atoms with Crippen LogP contribution in [0.15, 0.2) is 24.5 Å². The molecule has 0 aliphatic heterocycles. The molecule has 0 aliphatic rings. The number of carbonyl (C=O) groups is 1. The second kappa shape index (κ2) is 5.84. The third-order valence-corrected chi connectivity index (χ3v) is 2.94. The van der Waals surface area contributed by atoms with Gasteiger partial charge in [0.15, 0.2) is 0 Å². The van der Waals surface area contributed by atoms with Crippen LogP contribution >= 0.6 is 0 Å². The van der Waals surface area contributed by atoms with E-state index in [0.29, 0.717) is 6.04 Å². The quantitative estimate of drug-likeness (QED) is 0.832. The summed E-state index contributed by atoms with van der Waals surface area (Å²) in [4.78, 5) is 15.8. The Labute approximate surface area is 112 Å². The number of hydrogen-bond donors (Lipinski definition) is 1. The van der Waals surface area contributed by atoms with Gasteiger partial charge in [-0.05, 0) is 17.7 Å². The van der Waals surface area contributed by atoms with Crippen molar-refractivity contribution in [2.75, 3.05) is 7.11 Å². The van der Waals surface area contributed by atoms with Crippen molar-refractivity contribution in [2.24, 2.45) is 0 Å². The normalized spacial score (nSPS) is 11.2. The molecular formula is C14H19N3O2. The molecule has 5 heteroatoms. The van der Waals surface area contributed by atoms with E-state index >= 15 is 0 Å². The molecule has 2 aromatic heterocycles. The first-order valence-corrected chi connectivity index (χ1v) is 6.34. The molecule has 0 saturated heterocycles. The van der Waals surface area contributed by atoms with E-state index in [1.165, 1.54) is 7.11 Å². The summed E-state index contributed by atoms with van der Waals surface area (Å²) >= 11 is 0. The topological polar surface area (TPSA) is 56.1 Å². The number of rotatable bonds is 5. The maximum Gasteiger partial charge on any atom is 0.325 e. The van der Waals surface area contributed by atoms with E-state index in [4.69, 9.17) is 4.74 Å². The highest BCUT2D eigenvalue weighted by atomic mass is 16.5. The van der Waals surface area contributed by atoms with Crippen LogP contribution in [0.2, 0.25) is 0 Å². The van der Waals surface area contributed by atoms with Gasteiger partial charge in [-0.3, -0.25) is 4.79 Å². The Morgan fingerprint density at radius 2 is 2.32 bits per heavy atom. The Bertz CT molecular complexity index is 575. The molecule has 2 heterocycles. The van der Waals surface area contributed by atoms with Crippen LogP contribution in [0.4, 0.5) is 0 Å². The zero-order valence-electron chi connectivity index (χ0n) is 11.5. The summed E-state index contributed by atoms with van der Waals surface area (Å²) in [6.07, 6.45) is 3.69. The average molecular weight is 261 g/mol. The van der Waals surface area contributed by atoms with Gasteiger partial charge < -0.3 is 14.6 Å². The fraction of sp³-hybridized carbons (Fsp3) is 0.429. The molecule has 0 aromatic carbocycles. The largest absolute Gasteiger partial charge is 0.468 e. The van der Waals surface area contributed by atoms with Gasteiger partial charge >= 0.3 is 5.97 Å². The monoisotopic (exact) mass is 261 g/mol. The van der Waals surface area contributed by atoms with Crippen LogP contribution in [0, 0.1) is 0 Å². The van der Waals surface area contributed by atoms with Crippen molar-refractivity contribution < 1.29 is 9.53 Å². The molecule has 19 heavy (non-hydrogen) atoms. The number of hydrogen-bond acceptors (Lipinski definition) is 4. The van der Waals surface area contributed by atoms with Crippen LogP contribution in [0.3, 0.4) is 0 Å². The van der Waals surface area contributed by atoms with Gasteiger partial charge in [-0.1, -0.05) is 13.8 Å². The van der Waals surface area contributed by atoms with E-state index < -0.39 is 0 Å². The zero-order chi connectivity index (χ0) is 13.8. The smallest absolute Gasteiger partial charge is 0.325 e. The predicted octanol–water partition coefficient (Wildman–Crippen LogP) is 1.71.